The summed E-state index contributed by atoms with van der Waals surface area (Å²) < 4.78 is 217. The lowest BCUT2D eigenvalue weighted by molar-refractivity contribution is -0.426. The van der Waals surface area contributed by atoms with Gasteiger partial charge in [-0.3, -0.25) is 0 Å². The average Bonchev–Trinajstić information content (AvgIpc) is 2.50. The molecule has 0 heterocycles. The van der Waals surface area contributed by atoms with Gasteiger partial charge in [-0.2, -0.15) is 65.9 Å². The highest BCUT2D eigenvalue weighted by Gasteiger charge is 2.90. The Morgan fingerprint density at radius 3 is 1.11 bits per heavy atom. The lowest BCUT2D eigenvalue weighted by Gasteiger charge is -2.41. The minimum Gasteiger partial charge on any atom is -0.241 e. The smallest absolute Gasteiger partial charge is 0.241 e. The summed E-state index contributed by atoms with van der Waals surface area (Å²) in [5, 5.41) is 0. The standard InChI is InChI=1S/C11H7F17/c1-2-3(12)5(14,15)8(20,21)10(24,25)9(22,23)6(16,17)4(13)7(18,19)11(26,27)28/h3-4H,2H2,1H3. The van der Waals surface area contributed by atoms with E-state index >= 15 is 0 Å². The van der Waals surface area contributed by atoms with Crippen LogP contribution in [0.4, 0.5) is 74.6 Å². The molecule has 0 rings (SSSR count). The predicted molar refractivity (Wildman–Crippen MR) is 55.8 cm³/mol. The van der Waals surface area contributed by atoms with E-state index in [0.29, 0.717) is 6.92 Å². The molecule has 0 aliphatic heterocycles. The zero-order valence-electron chi connectivity index (χ0n) is 12.8. The molecule has 0 aromatic carbocycles. The molecule has 0 saturated carbocycles. The van der Waals surface area contributed by atoms with Crippen LogP contribution < -0.4 is 0 Å². The first-order valence-corrected chi connectivity index (χ1v) is 6.50. The van der Waals surface area contributed by atoms with E-state index < -0.39 is 60.5 Å². The molecule has 2 atom stereocenters. The van der Waals surface area contributed by atoms with Gasteiger partial charge in [-0.15, -0.1) is 0 Å². The molecule has 17 heteroatoms. The van der Waals surface area contributed by atoms with E-state index in [1.54, 1.807) is 0 Å². The van der Waals surface area contributed by atoms with Gasteiger partial charge in [-0.25, -0.2) is 8.78 Å². The predicted octanol–water partition coefficient (Wildman–Crippen LogP) is 6.45. The van der Waals surface area contributed by atoms with Crippen LogP contribution in [0.15, 0.2) is 0 Å². The van der Waals surface area contributed by atoms with Crippen LogP contribution in [-0.2, 0) is 0 Å². The fourth-order valence-corrected chi connectivity index (χ4v) is 1.60. The molecule has 0 saturated heterocycles. The highest BCUT2D eigenvalue weighted by Crippen LogP contribution is 2.60. The number of hydrogen-bond donors (Lipinski definition) is 0. The van der Waals surface area contributed by atoms with Crippen molar-refractivity contribution in [1.29, 1.82) is 0 Å². The second kappa shape index (κ2) is 6.95. The molecule has 0 nitrogen and oxygen atoms in total. The monoisotopic (exact) mass is 462 g/mol. The maximum Gasteiger partial charge on any atom is 0.456 e. The van der Waals surface area contributed by atoms with E-state index in [4.69, 9.17) is 0 Å². The zero-order valence-corrected chi connectivity index (χ0v) is 12.8. The second-order valence-corrected chi connectivity index (χ2v) is 5.33. The van der Waals surface area contributed by atoms with Gasteiger partial charge in [0, 0.05) is 0 Å². The second-order valence-electron chi connectivity index (χ2n) is 5.33. The van der Waals surface area contributed by atoms with Gasteiger partial charge in [0.2, 0.25) is 6.17 Å². The maximum atomic E-state index is 13.2. The third-order valence-electron chi connectivity index (χ3n) is 3.39. The van der Waals surface area contributed by atoms with Crippen molar-refractivity contribution in [3.8, 4) is 0 Å². The Balaban J connectivity index is 6.48. The fraction of sp³-hybridized carbons (Fsp3) is 1.00. The molecule has 0 aromatic heterocycles. The molecule has 0 fully saturated rings. The van der Waals surface area contributed by atoms with Crippen molar-refractivity contribution in [2.45, 2.75) is 67.4 Å². The third-order valence-corrected chi connectivity index (χ3v) is 3.39. The SMILES string of the molecule is CCC(F)C(F)(F)C(F)(F)C(F)(F)C(F)(F)C(F)(F)C(F)C(F)(F)C(F)(F)F. The Morgan fingerprint density at radius 2 is 0.821 bits per heavy atom. The van der Waals surface area contributed by atoms with E-state index in [2.05, 4.69) is 0 Å². The van der Waals surface area contributed by atoms with Gasteiger partial charge in [-0.1, -0.05) is 6.92 Å². The normalized spacial score (nSPS) is 18.2. The topological polar surface area (TPSA) is 0 Å². The summed E-state index contributed by atoms with van der Waals surface area (Å²) in [5.41, 5.74) is 0. The summed E-state index contributed by atoms with van der Waals surface area (Å²) in [6.07, 6.45) is -20.1. The summed E-state index contributed by atoms with van der Waals surface area (Å²) in [6, 6.07) is 0. The van der Waals surface area contributed by atoms with Gasteiger partial charge in [0.25, 0.3) is 0 Å². The molecule has 0 aromatic rings. The largest absolute Gasteiger partial charge is 0.456 e. The lowest BCUT2D eigenvalue weighted by Crippen LogP contribution is -2.72. The highest BCUT2D eigenvalue weighted by atomic mass is 19.4. The quantitative estimate of drug-likeness (QED) is 0.364. The van der Waals surface area contributed by atoms with Gasteiger partial charge >= 0.3 is 41.7 Å². The van der Waals surface area contributed by atoms with Crippen LogP contribution in [-0.4, -0.2) is 54.1 Å². The first-order chi connectivity index (χ1) is 11.9. The zero-order chi connectivity index (χ0) is 23.4. The van der Waals surface area contributed by atoms with Crippen molar-refractivity contribution in [2.75, 3.05) is 0 Å². The molecule has 0 aliphatic carbocycles. The van der Waals surface area contributed by atoms with Crippen LogP contribution in [0, 0.1) is 0 Å². The van der Waals surface area contributed by atoms with Crippen LogP contribution in [0.1, 0.15) is 13.3 Å². The lowest BCUT2D eigenvalue weighted by atomic mass is 9.88. The summed E-state index contributed by atoms with van der Waals surface area (Å²) in [4.78, 5) is 0. The van der Waals surface area contributed by atoms with Crippen LogP contribution >= 0.6 is 0 Å². The van der Waals surface area contributed by atoms with E-state index in [0.717, 1.165) is 0 Å². The maximum absolute atomic E-state index is 13.2. The molecule has 0 amide bonds. The Kier molecular flexibility index (Phi) is 6.65. The number of hydrogen-bond acceptors (Lipinski definition) is 0. The summed E-state index contributed by atoms with van der Waals surface area (Å²) in [6.45, 7) is 0.293. The van der Waals surface area contributed by atoms with E-state index in [1.165, 1.54) is 0 Å². The average molecular weight is 462 g/mol. The van der Waals surface area contributed by atoms with Crippen molar-refractivity contribution >= 4 is 0 Å². The molecule has 170 valence electrons. The van der Waals surface area contributed by atoms with E-state index in [-0.39, 0.29) is 0 Å². The van der Waals surface area contributed by atoms with Crippen LogP contribution in [0.25, 0.3) is 0 Å². The first kappa shape index (κ1) is 26.8. The van der Waals surface area contributed by atoms with Crippen molar-refractivity contribution in [2.24, 2.45) is 0 Å². The molecule has 0 aliphatic rings. The summed E-state index contributed by atoms with van der Waals surface area (Å²) in [5.74, 6) is -46.5. The van der Waals surface area contributed by atoms with E-state index in [1.807, 2.05) is 0 Å². The van der Waals surface area contributed by atoms with Gasteiger partial charge < -0.3 is 0 Å². The Labute approximate surface area is 143 Å². The summed E-state index contributed by atoms with van der Waals surface area (Å²) >= 11 is 0. The highest BCUT2D eigenvalue weighted by molar-refractivity contribution is 5.13. The molecular formula is C11H7F17. The van der Waals surface area contributed by atoms with Crippen LogP contribution in [0.2, 0.25) is 0 Å². The Hall–Kier alpha value is -1.19. The molecule has 2 unspecified atom stereocenters. The van der Waals surface area contributed by atoms with Crippen molar-refractivity contribution < 1.29 is 74.6 Å². The minimum absolute atomic E-state index is 0.293. The Morgan fingerprint density at radius 1 is 0.500 bits per heavy atom. The minimum atomic E-state index is -8.26. The summed E-state index contributed by atoms with van der Waals surface area (Å²) in [7, 11) is 0. The van der Waals surface area contributed by atoms with Crippen LogP contribution in [0.5, 0.6) is 0 Å². The molecular weight excluding hydrogens is 455 g/mol. The molecule has 0 radical (unpaired) electrons. The molecule has 0 spiro atoms. The first-order valence-electron chi connectivity index (χ1n) is 6.50. The number of halogens is 17. The van der Waals surface area contributed by atoms with Gasteiger partial charge in [0.05, 0.1) is 0 Å². The van der Waals surface area contributed by atoms with Crippen molar-refractivity contribution in [1.82, 2.24) is 0 Å². The molecule has 28 heavy (non-hydrogen) atoms. The van der Waals surface area contributed by atoms with Gasteiger partial charge in [0.1, 0.15) is 0 Å². The third kappa shape index (κ3) is 3.45. The number of rotatable bonds is 8. The van der Waals surface area contributed by atoms with Crippen LogP contribution in [0.3, 0.4) is 0 Å². The molecule has 0 bridgehead atoms. The van der Waals surface area contributed by atoms with E-state index in [9.17, 15) is 74.6 Å². The van der Waals surface area contributed by atoms with Gasteiger partial charge in [0.15, 0.2) is 6.17 Å². The van der Waals surface area contributed by atoms with Crippen molar-refractivity contribution in [3.05, 3.63) is 0 Å². The van der Waals surface area contributed by atoms with Gasteiger partial charge in [-0.05, 0) is 6.42 Å². The van der Waals surface area contributed by atoms with Crippen molar-refractivity contribution in [3.63, 3.8) is 0 Å². The fourth-order valence-electron chi connectivity index (χ4n) is 1.60. The Bertz CT molecular complexity index is 544. The molecule has 0 N–H and O–H groups in total. The number of alkyl halides is 17.